The van der Waals surface area contributed by atoms with Gasteiger partial charge < -0.3 is 10.5 Å². The second-order valence-electron chi connectivity index (χ2n) is 5.01. The van der Waals surface area contributed by atoms with Gasteiger partial charge in [0, 0.05) is 13.2 Å². The molecular weight excluding hydrogens is 174 g/mol. The van der Waals surface area contributed by atoms with Crippen LogP contribution < -0.4 is 5.73 Å². The summed E-state index contributed by atoms with van der Waals surface area (Å²) in [7, 11) is 0. The SMILES string of the molecule is NCC1(C2CCCCC2)CCOCC1. The lowest BCUT2D eigenvalue weighted by molar-refractivity contribution is -0.0232. The first-order valence-electron chi connectivity index (χ1n) is 6.15. The molecule has 1 heterocycles. The zero-order valence-electron chi connectivity index (χ0n) is 9.13. The summed E-state index contributed by atoms with van der Waals surface area (Å²) in [6.45, 7) is 2.75. The van der Waals surface area contributed by atoms with Crippen LogP contribution in [0.4, 0.5) is 0 Å². The lowest BCUT2D eigenvalue weighted by Gasteiger charge is -2.44. The van der Waals surface area contributed by atoms with Gasteiger partial charge >= 0.3 is 0 Å². The maximum Gasteiger partial charge on any atom is 0.0471 e. The Hall–Kier alpha value is -0.0800. The minimum atomic E-state index is 0.443. The van der Waals surface area contributed by atoms with E-state index in [1.54, 1.807) is 0 Å². The standard InChI is InChI=1S/C12H23NO/c13-10-12(6-8-14-9-7-12)11-4-2-1-3-5-11/h11H,1-10,13H2. The Kier molecular flexibility index (Phi) is 3.45. The molecule has 0 aromatic heterocycles. The van der Waals surface area contributed by atoms with E-state index in [2.05, 4.69) is 0 Å². The first-order chi connectivity index (χ1) is 6.87. The predicted molar refractivity (Wildman–Crippen MR) is 58.1 cm³/mol. The van der Waals surface area contributed by atoms with Gasteiger partial charge in [-0.2, -0.15) is 0 Å². The maximum absolute atomic E-state index is 6.01. The molecule has 2 aliphatic rings. The molecule has 0 atom stereocenters. The molecule has 2 nitrogen and oxygen atoms in total. The third-order valence-corrected chi connectivity index (χ3v) is 4.37. The van der Waals surface area contributed by atoms with Crippen molar-refractivity contribution in [3.8, 4) is 0 Å². The average Bonchev–Trinajstić information content (AvgIpc) is 2.31. The Balaban J connectivity index is 2.01. The Labute approximate surface area is 87.2 Å². The molecule has 0 radical (unpaired) electrons. The van der Waals surface area contributed by atoms with Crippen molar-refractivity contribution in [1.82, 2.24) is 0 Å². The number of ether oxygens (including phenoxy) is 1. The van der Waals surface area contributed by atoms with Crippen molar-refractivity contribution in [2.24, 2.45) is 17.1 Å². The maximum atomic E-state index is 6.01. The summed E-state index contributed by atoms with van der Waals surface area (Å²) >= 11 is 0. The van der Waals surface area contributed by atoms with Crippen LogP contribution in [0.2, 0.25) is 0 Å². The molecule has 0 aromatic carbocycles. The highest BCUT2D eigenvalue weighted by Crippen LogP contribution is 2.44. The number of hydrogen-bond acceptors (Lipinski definition) is 2. The minimum Gasteiger partial charge on any atom is -0.381 e. The molecule has 2 N–H and O–H groups in total. The molecule has 0 aromatic rings. The first kappa shape index (κ1) is 10.4. The molecule has 0 unspecified atom stereocenters. The van der Waals surface area contributed by atoms with Crippen LogP contribution in [0.25, 0.3) is 0 Å². The second kappa shape index (κ2) is 4.63. The monoisotopic (exact) mass is 197 g/mol. The van der Waals surface area contributed by atoms with Gasteiger partial charge in [-0.25, -0.2) is 0 Å². The first-order valence-corrected chi connectivity index (χ1v) is 6.15. The Morgan fingerprint density at radius 2 is 1.71 bits per heavy atom. The summed E-state index contributed by atoms with van der Waals surface area (Å²) in [5.74, 6) is 0.894. The van der Waals surface area contributed by atoms with Crippen LogP contribution in [-0.4, -0.2) is 19.8 Å². The molecule has 0 bridgehead atoms. The molecule has 1 aliphatic carbocycles. The van der Waals surface area contributed by atoms with Gasteiger partial charge in [0.05, 0.1) is 0 Å². The van der Waals surface area contributed by atoms with E-state index >= 15 is 0 Å². The molecule has 2 fully saturated rings. The van der Waals surface area contributed by atoms with Gasteiger partial charge in [0.2, 0.25) is 0 Å². The molecule has 1 saturated heterocycles. The summed E-state index contributed by atoms with van der Waals surface area (Å²) in [6.07, 6.45) is 9.52. The van der Waals surface area contributed by atoms with Gasteiger partial charge in [0.15, 0.2) is 0 Å². The van der Waals surface area contributed by atoms with Crippen molar-refractivity contribution < 1.29 is 4.74 Å². The predicted octanol–water partition coefficient (Wildman–Crippen LogP) is 2.32. The van der Waals surface area contributed by atoms with Crippen molar-refractivity contribution in [1.29, 1.82) is 0 Å². The third-order valence-electron chi connectivity index (χ3n) is 4.37. The zero-order valence-corrected chi connectivity index (χ0v) is 9.13. The minimum absolute atomic E-state index is 0.443. The molecule has 14 heavy (non-hydrogen) atoms. The molecule has 82 valence electrons. The molecule has 0 spiro atoms. The Bertz CT molecular complexity index is 169. The van der Waals surface area contributed by atoms with Crippen molar-refractivity contribution in [2.75, 3.05) is 19.8 Å². The highest BCUT2D eigenvalue weighted by Gasteiger charge is 2.39. The van der Waals surface area contributed by atoms with E-state index in [4.69, 9.17) is 10.5 Å². The van der Waals surface area contributed by atoms with Crippen molar-refractivity contribution >= 4 is 0 Å². The van der Waals surface area contributed by atoms with E-state index in [1.165, 1.54) is 44.9 Å². The van der Waals surface area contributed by atoms with Gasteiger partial charge in [0.25, 0.3) is 0 Å². The lowest BCUT2D eigenvalue weighted by atomic mass is 9.65. The van der Waals surface area contributed by atoms with E-state index in [0.717, 1.165) is 25.7 Å². The summed E-state index contributed by atoms with van der Waals surface area (Å²) in [5.41, 5.74) is 6.46. The Morgan fingerprint density at radius 3 is 2.29 bits per heavy atom. The molecule has 1 saturated carbocycles. The van der Waals surface area contributed by atoms with E-state index in [0.29, 0.717) is 5.41 Å². The van der Waals surface area contributed by atoms with Gasteiger partial charge in [-0.15, -0.1) is 0 Å². The van der Waals surface area contributed by atoms with Gasteiger partial charge in [0.1, 0.15) is 0 Å². The van der Waals surface area contributed by atoms with E-state index in [1.807, 2.05) is 0 Å². The smallest absolute Gasteiger partial charge is 0.0471 e. The number of rotatable bonds is 2. The summed E-state index contributed by atoms with van der Waals surface area (Å²) in [4.78, 5) is 0. The van der Waals surface area contributed by atoms with Crippen molar-refractivity contribution in [3.63, 3.8) is 0 Å². The summed E-state index contributed by atoms with van der Waals surface area (Å²) in [6, 6.07) is 0. The third kappa shape index (κ3) is 1.96. The van der Waals surface area contributed by atoms with Crippen molar-refractivity contribution in [2.45, 2.75) is 44.9 Å². The van der Waals surface area contributed by atoms with Crippen LogP contribution in [0.5, 0.6) is 0 Å². The normalized spacial score (nSPS) is 28.9. The fourth-order valence-electron chi connectivity index (χ4n) is 3.27. The average molecular weight is 197 g/mol. The quantitative estimate of drug-likeness (QED) is 0.737. The lowest BCUT2D eigenvalue weighted by Crippen LogP contribution is -2.43. The van der Waals surface area contributed by atoms with Crippen LogP contribution in [0.3, 0.4) is 0 Å². The molecule has 2 heteroatoms. The van der Waals surface area contributed by atoms with E-state index in [9.17, 15) is 0 Å². The van der Waals surface area contributed by atoms with E-state index < -0.39 is 0 Å². The fourth-order valence-corrected chi connectivity index (χ4v) is 3.27. The highest BCUT2D eigenvalue weighted by atomic mass is 16.5. The molecule has 1 aliphatic heterocycles. The van der Waals surface area contributed by atoms with Crippen molar-refractivity contribution in [3.05, 3.63) is 0 Å². The number of nitrogens with two attached hydrogens (primary N) is 1. The Morgan fingerprint density at radius 1 is 1.07 bits per heavy atom. The summed E-state index contributed by atoms with van der Waals surface area (Å²) in [5, 5.41) is 0. The van der Waals surface area contributed by atoms with Crippen LogP contribution in [-0.2, 0) is 4.74 Å². The molecule has 0 amide bonds. The fraction of sp³-hybridized carbons (Fsp3) is 1.00. The van der Waals surface area contributed by atoms with Gasteiger partial charge in [-0.1, -0.05) is 19.3 Å². The summed E-state index contributed by atoms with van der Waals surface area (Å²) < 4.78 is 5.46. The van der Waals surface area contributed by atoms with Gasteiger partial charge in [-0.05, 0) is 43.6 Å². The van der Waals surface area contributed by atoms with Gasteiger partial charge in [-0.3, -0.25) is 0 Å². The topological polar surface area (TPSA) is 35.2 Å². The number of hydrogen-bond donors (Lipinski definition) is 1. The molecule has 2 rings (SSSR count). The zero-order chi connectivity index (χ0) is 9.86. The van der Waals surface area contributed by atoms with E-state index in [-0.39, 0.29) is 0 Å². The van der Waals surface area contributed by atoms with Crippen LogP contribution in [0.1, 0.15) is 44.9 Å². The van der Waals surface area contributed by atoms with Crippen LogP contribution >= 0.6 is 0 Å². The van der Waals surface area contributed by atoms with Crippen LogP contribution in [0, 0.1) is 11.3 Å². The highest BCUT2D eigenvalue weighted by molar-refractivity contribution is 4.90. The molecular formula is C12H23NO. The largest absolute Gasteiger partial charge is 0.381 e. The second-order valence-corrected chi connectivity index (χ2v) is 5.01. The van der Waals surface area contributed by atoms with Crippen LogP contribution in [0.15, 0.2) is 0 Å².